The molecule has 5 rings (SSSR count). The number of aryl methyl sites for hydroxylation is 1. The number of halogens is 2. The first-order valence-electron chi connectivity index (χ1n) is 13.2. The average Bonchev–Trinajstić information content (AvgIpc) is 2.79. The lowest BCUT2D eigenvalue weighted by atomic mass is 9.64. The van der Waals surface area contributed by atoms with Crippen LogP contribution in [0.25, 0.3) is 0 Å². The summed E-state index contributed by atoms with van der Waals surface area (Å²) in [5.74, 6) is 0.619. The van der Waals surface area contributed by atoms with Crippen molar-refractivity contribution in [2.24, 2.45) is 10.8 Å². The first-order chi connectivity index (χ1) is 17.8. The van der Waals surface area contributed by atoms with Gasteiger partial charge in [-0.1, -0.05) is 57.5 Å². The molecule has 0 atom stereocenters. The van der Waals surface area contributed by atoms with E-state index in [2.05, 4.69) is 95.6 Å². The fourth-order valence-electron chi connectivity index (χ4n) is 6.22. The van der Waals surface area contributed by atoms with Gasteiger partial charge >= 0.3 is 0 Å². The predicted molar refractivity (Wildman–Crippen MR) is 158 cm³/mol. The van der Waals surface area contributed by atoms with E-state index in [1.54, 1.807) is 0 Å². The summed E-state index contributed by atoms with van der Waals surface area (Å²) in [4.78, 5) is 29.6. The molecule has 0 unspecified atom stereocenters. The summed E-state index contributed by atoms with van der Waals surface area (Å²) in [6.45, 7) is 11.1. The van der Waals surface area contributed by atoms with E-state index < -0.39 is 0 Å². The van der Waals surface area contributed by atoms with E-state index in [4.69, 9.17) is 4.74 Å². The van der Waals surface area contributed by atoms with E-state index in [0.29, 0.717) is 25.2 Å². The maximum Gasteiger partial charge on any atom is 0.162 e. The molecular formula is C32H35Br2NO3. The molecule has 2 aromatic carbocycles. The van der Waals surface area contributed by atoms with Gasteiger partial charge in [0.25, 0.3) is 0 Å². The summed E-state index contributed by atoms with van der Waals surface area (Å²) < 4.78 is 7.79. The fourth-order valence-corrected chi connectivity index (χ4v) is 7.67. The Balaban J connectivity index is 1.59. The molecule has 0 saturated carbocycles. The van der Waals surface area contributed by atoms with Crippen LogP contribution in [0.1, 0.15) is 76.0 Å². The molecule has 1 aliphatic heterocycles. The highest BCUT2D eigenvalue weighted by Gasteiger charge is 2.48. The number of rotatable bonds is 4. The summed E-state index contributed by atoms with van der Waals surface area (Å²) in [5, 5.41) is 0. The van der Waals surface area contributed by atoms with E-state index in [9.17, 15) is 9.59 Å². The fraction of sp³-hybridized carbons (Fsp3) is 0.438. The topological polar surface area (TPSA) is 46.6 Å². The minimum Gasteiger partial charge on any atom is -0.487 e. The van der Waals surface area contributed by atoms with E-state index in [0.717, 1.165) is 55.5 Å². The highest BCUT2D eigenvalue weighted by atomic mass is 79.9. The van der Waals surface area contributed by atoms with Gasteiger partial charge in [0.15, 0.2) is 11.6 Å². The van der Waals surface area contributed by atoms with E-state index in [-0.39, 0.29) is 28.3 Å². The first-order valence-corrected chi connectivity index (χ1v) is 14.8. The zero-order valence-electron chi connectivity index (χ0n) is 23.0. The molecule has 200 valence electrons. The highest BCUT2D eigenvalue weighted by molar-refractivity contribution is 9.11. The summed E-state index contributed by atoms with van der Waals surface area (Å²) in [7, 11) is 2.04. The molecule has 0 radical (unpaired) electrons. The van der Waals surface area contributed by atoms with Gasteiger partial charge < -0.3 is 9.64 Å². The van der Waals surface area contributed by atoms with Gasteiger partial charge in [0.05, 0.1) is 8.95 Å². The molecule has 0 fully saturated rings. The number of hydrogen-bond acceptors (Lipinski definition) is 4. The van der Waals surface area contributed by atoms with E-state index in [1.807, 2.05) is 19.2 Å². The minimum absolute atomic E-state index is 0.115. The molecule has 0 saturated heterocycles. The second-order valence-corrected chi connectivity index (χ2v) is 14.4. The van der Waals surface area contributed by atoms with Crippen molar-refractivity contribution in [1.82, 2.24) is 4.90 Å². The minimum atomic E-state index is -0.373. The normalized spacial score (nSPS) is 21.0. The largest absolute Gasteiger partial charge is 0.487 e. The van der Waals surface area contributed by atoms with E-state index >= 15 is 0 Å². The number of hydrogen-bond donors (Lipinski definition) is 0. The SMILES string of the molecule is Cc1ccc(COc2c(Br)cc(C3C4=C(CC(C)(C)CC4=O)N(C)C4=C3C(=O)CC(C)(C)C4)cc2Br)cc1. The van der Waals surface area contributed by atoms with Gasteiger partial charge in [-0.25, -0.2) is 0 Å². The Hall–Kier alpha value is -2.18. The lowest BCUT2D eigenvalue weighted by molar-refractivity contribution is -0.119. The van der Waals surface area contributed by atoms with Crippen LogP contribution in [0.2, 0.25) is 0 Å². The van der Waals surface area contributed by atoms with Crippen molar-refractivity contribution in [3.63, 3.8) is 0 Å². The summed E-state index contributed by atoms with van der Waals surface area (Å²) >= 11 is 7.47. The Morgan fingerprint density at radius 1 is 0.842 bits per heavy atom. The molecule has 0 amide bonds. The summed E-state index contributed by atoms with van der Waals surface area (Å²) in [5.41, 5.74) is 6.69. The Labute approximate surface area is 242 Å². The van der Waals surface area contributed by atoms with Crippen LogP contribution >= 0.6 is 31.9 Å². The van der Waals surface area contributed by atoms with Crippen LogP contribution < -0.4 is 4.74 Å². The Kier molecular flexibility index (Phi) is 7.05. The van der Waals surface area contributed by atoms with Crippen LogP contribution in [-0.2, 0) is 16.2 Å². The van der Waals surface area contributed by atoms with Crippen molar-refractivity contribution in [3.8, 4) is 5.75 Å². The van der Waals surface area contributed by atoms with Crippen molar-refractivity contribution < 1.29 is 14.3 Å². The maximum absolute atomic E-state index is 13.7. The van der Waals surface area contributed by atoms with Crippen LogP contribution in [-0.4, -0.2) is 23.5 Å². The quantitative estimate of drug-likeness (QED) is 0.337. The van der Waals surface area contributed by atoms with Crippen LogP contribution in [0.3, 0.4) is 0 Å². The Bertz CT molecular complexity index is 1320. The molecule has 0 bridgehead atoms. The zero-order chi connectivity index (χ0) is 27.6. The van der Waals surface area contributed by atoms with Crippen LogP contribution in [0, 0.1) is 17.8 Å². The molecule has 38 heavy (non-hydrogen) atoms. The number of allylic oxidation sites excluding steroid dienone is 4. The van der Waals surface area contributed by atoms with Gasteiger partial charge in [0, 0.05) is 48.3 Å². The molecule has 6 heteroatoms. The molecule has 0 aromatic heterocycles. The molecule has 4 nitrogen and oxygen atoms in total. The van der Waals surface area contributed by atoms with Crippen LogP contribution in [0.15, 0.2) is 67.9 Å². The lowest BCUT2D eigenvalue weighted by Gasteiger charge is -2.48. The maximum atomic E-state index is 13.7. The zero-order valence-corrected chi connectivity index (χ0v) is 26.2. The van der Waals surface area contributed by atoms with Crippen molar-refractivity contribution in [3.05, 3.63) is 84.6 Å². The number of ether oxygens (including phenoxy) is 1. The summed E-state index contributed by atoms with van der Waals surface area (Å²) in [6.07, 6.45) is 2.59. The van der Waals surface area contributed by atoms with Gasteiger partial charge in [-0.2, -0.15) is 0 Å². The van der Waals surface area contributed by atoms with Gasteiger partial charge in [-0.05, 0) is 85.7 Å². The second kappa shape index (κ2) is 9.78. The van der Waals surface area contributed by atoms with Crippen LogP contribution in [0.4, 0.5) is 0 Å². The molecule has 2 aromatic rings. The third kappa shape index (κ3) is 5.06. The third-order valence-corrected chi connectivity index (χ3v) is 9.22. The standard InChI is InChI=1S/C32H35Br2NO3/c1-18-7-9-19(10-8-18)17-38-30-21(33)11-20(12-22(30)34)27-28-23(13-31(2,3)15-25(28)36)35(6)24-14-32(4,5)16-26(37)29(24)27/h7-12,27H,13-17H2,1-6H3. The number of benzene rings is 2. The Morgan fingerprint density at radius 3 is 1.79 bits per heavy atom. The van der Waals surface area contributed by atoms with Gasteiger partial charge in [-0.15, -0.1) is 0 Å². The van der Waals surface area contributed by atoms with Gasteiger partial charge in [0.1, 0.15) is 12.4 Å². The lowest BCUT2D eigenvalue weighted by Crippen LogP contribution is -2.43. The molecule has 3 aliphatic rings. The predicted octanol–water partition coefficient (Wildman–Crippen LogP) is 8.41. The van der Waals surface area contributed by atoms with Gasteiger partial charge in [-0.3, -0.25) is 9.59 Å². The monoisotopic (exact) mass is 639 g/mol. The molecule has 1 heterocycles. The highest BCUT2D eigenvalue weighted by Crippen LogP contribution is 2.54. The molecule has 2 aliphatic carbocycles. The number of carbonyl (C=O) groups excluding carboxylic acids is 2. The van der Waals surface area contributed by atoms with Crippen LogP contribution in [0.5, 0.6) is 5.75 Å². The second-order valence-electron chi connectivity index (χ2n) is 12.7. The van der Waals surface area contributed by atoms with Crippen molar-refractivity contribution in [1.29, 1.82) is 0 Å². The average molecular weight is 641 g/mol. The first kappa shape index (κ1) is 27.4. The molecule has 0 N–H and O–H groups in total. The Morgan fingerprint density at radius 2 is 1.32 bits per heavy atom. The third-order valence-electron chi connectivity index (χ3n) is 8.04. The molecule has 0 spiro atoms. The molecular weight excluding hydrogens is 606 g/mol. The summed E-state index contributed by atoms with van der Waals surface area (Å²) in [6, 6.07) is 12.3. The van der Waals surface area contributed by atoms with Gasteiger partial charge in [0.2, 0.25) is 0 Å². The van der Waals surface area contributed by atoms with E-state index in [1.165, 1.54) is 5.56 Å². The van der Waals surface area contributed by atoms with Crippen molar-refractivity contribution in [2.75, 3.05) is 7.05 Å². The number of nitrogens with zero attached hydrogens (tertiary/aromatic N) is 1. The number of carbonyl (C=O) groups is 2. The van der Waals surface area contributed by atoms with Crippen molar-refractivity contribution >= 4 is 43.4 Å². The van der Waals surface area contributed by atoms with Crippen molar-refractivity contribution in [2.45, 2.75) is 72.8 Å². The number of ketones is 2. The smallest absolute Gasteiger partial charge is 0.162 e. The number of Topliss-reactive ketones (excluding diaryl/α,β-unsaturated/α-hetero) is 2.